The minimum atomic E-state index is -0.584. The normalized spacial score (nSPS) is 21.8. The third-order valence-electron chi connectivity index (χ3n) is 5.37. The van der Waals surface area contributed by atoms with Crippen LogP contribution in [0.5, 0.6) is 0 Å². The van der Waals surface area contributed by atoms with Gasteiger partial charge in [-0.3, -0.25) is 18.7 Å². The predicted octanol–water partition coefficient (Wildman–Crippen LogP) is 1.33. The highest BCUT2D eigenvalue weighted by atomic mass is 32.1. The number of rotatable bonds is 3. The topological polar surface area (TPSA) is 96.3 Å². The van der Waals surface area contributed by atoms with E-state index in [4.69, 9.17) is 10.5 Å². The van der Waals surface area contributed by atoms with E-state index in [1.54, 1.807) is 0 Å². The first-order valence-corrected chi connectivity index (χ1v) is 9.82. The molecule has 0 aromatic carbocycles. The summed E-state index contributed by atoms with van der Waals surface area (Å²) in [5.74, 6) is -0.584. The first kappa shape index (κ1) is 17.5. The highest BCUT2D eigenvalue weighted by molar-refractivity contribution is 7.19. The lowest BCUT2D eigenvalue weighted by Gasteiger charge is -2.36. The van der Waals surface area contributed by atoms with Crippen LogP contribution in [0.4, 0.5) is 0 Å². The summed E-state index contributed by atoms with van der Waals surface area (Å²) in [5.41, 5.74) is 5.37. The number of amides is 1. The molecular formula is C18H23N3O4S. The van der Waals surface area contributed by atoms with Crippen molar-refractivity contribution >= 4 is 27.5 Å². The van der Waals surface area contributed by atoms with Gasteiger partial charge in [-0.05, 0) is 51.5 Å². The third kappa shape index (κ3) is 2.72. The average Bonchev–Trinajstić information content (AvgIpc) is 3.11. The highest BCUT2D eigenvalue weighted by Gasteiger charge is 2.33. The first-order chi connectivity index (χ1) is 12.3. The van der Waals surface area contributed by atoms with Gasteiger partial charge in [0.15, 0.2) is 0 Å². The van der Waals surface area contributed by atoms with Gasteiger partial charge in [-0.1, -0.05) is 0 Å². The van der Waals surface area contributed by atoms with Crippen LogP contribution in [-0.4, -0.2) is 27.2 Å². The van der Waals surface area contributed by atoms with Crippen LogP contribution in [-0.2, 0) is 28.9 Å². The minimum Gasteiger partial charge on any atom is -0.375 e. The molecule has 1 fully saturated rings. The lowest BCUT2D eigenvalue weighted by atomic mass is 9.93. The first-order valence-electron chi connectivity index (χ1n) is 9.00. The van der Waals surface area contributed by atoms with Gasteiger partial charge in [0, 0.05) is 17.5 Å². The number of aryl methyl sites for hydroxylation is 2. The number of carbonyl (C=O) groups excluding carboxylic acids is 1. The molecule has 2 aliphatic rings. The molecule has 1 saturated heterocycles. The van der Waals surface area contributed by atoms with Crippen LogP contribution in [0.3, 0.4) is 0 Å². The summed E-state index contributed by atoms with van der Waals surface area (Å²) in [6.07, 6.45) is 3.97. The number of hydrogen-bond acceptors (Lipinski definition) is 5. The molecule has 0 radical (unpaired) electrons. The number of nitrogens with zero attached hydrogens (tertiary/aromatic N) is 2. The minimum absolute atomic E-state index is 0.207. The van der Waals surface area contributed by atoms with Gasteiger partial charge >= 0.3 is 5.69 Å². The molecule has 2 aromatic heterocycles. The molecule has 7 nitrogen and oxygen atoms in total. The number of thiophene rings is 1. The van der Waals surface area contributed by atoms with Gasteiger partial charge in [-0.2, -0.15) is 0 Å². The number of hydrogen-bond donors (Lipinski definition) is 1. The van der Waals surface area contributed by atoms with Crippen molar-refractivity contribution in [3.05, 3.63) is 31.3 Å². The van der Waals surface area contributed by atoms with E-state index in [0.717, 1.165) is 29.7 Å². The van der Waals surface area contributed by atoms with E-state index in [2.05, 4.69) is 0 Å². The van der Waals surface area contributed by atoms with Gasteiger partial charge in [0.05, 0.1) is 11.0 Å². The molecule has 140 valence electrons. The summed E-state index contributed by atoms with van der Waals surface area (Å²) >= 11 is 1.46. The van der Waals surface area contributed by atoms with Crippen LogP contribution >= 0.6 is 11.3 Å². The monoisotopic (exact) mass is 377 g/mol. The van der Waals surface area contributed by atoms with Crippen LogP contribution in [0.1, 0.15) is 49.6 Å². The Morgan fingerprint density at radius 2 is 2.12 bits per heavy atom. The molecule has 8 heteroatoms. The number of fused-ring (bicyclic) bond motifs is 3. The largest absolute Gasteiger partial charge is 0.375 e. The standard InChI is InChI=1S/C18H23N3O4S/c1-18(2)8-10(6-7-25-18)21-15(23)14-11-4-3-5-12(11)26-16(14)20(17(21)24)9-13(19)22/h10H,3-9H2,1-2H3,(H2,19,22)/t10-/m1/s1. The molecule has 1 amide bonds. The zero-order valence-electron chi connectivity index (χ0n) is 15.0. The maximum Gasteiger partial charge on any atom is 0.332 e. The SMILES string of the molecule is CC1(C)C[C@H](n2c(=O)c3c4c(sc3n(CC(N)=O)c2=O)CCC4)CCO1. The Labute approximate surface area is 154 Å². The van der Waals surface area contributed by atoms with Crippen molar-refractivity contribution in [3.63, 3.8) is 0 Å². The molecule has 2 aromatic rings. The van der Waals surface area contributed by atoms with E-state index in [1.165, 1.54) is 20.5 Å². The Morgan fingerprint density at radius 1 is 1.35 bits per heavy atom. The number of nitrogens with two attached hydrogens (primary N) is 1. The number of ether oxygens (including phenoxy) is 1. The summed E-state index contributed by atoms with van der Waals surface area (Å²) in [4.78, 5) is 39.8. The van der Waals surface area contributed by atoms with E-state index in [9.17, 15) is 14.4 Å². The van der Waals surface area contributed by atoms with Gasteiger partial charge in [-0.15, -0.1) is 11.3 Å². The van der Waals surface area contributed by atoms with Gasteiger partial charge in [-0.25, -0.2) is 4.79 Å². The van der Waals surface area contributed by atoms with Crippen LogP contribution in [0.15, 0.2) is 9.59 Å². The van der Waals surface area contributed by atoms with Crippen molar-refractivity contribution in [1.29, 1.82) is 0 Å². The number of carbonyl (C=O) groups is 1. The van der Waals surface area contributed by atoms with Gasteiger partial charge < -0.3 is 10.5 Å². The van der Waals surface area contributed by atoms with E-state index in [1.807, 2.05) is 13.8 Å². The molecule has 1 aliphatic heterocycles. The Hall–Kier alpha value is -1.93. The molecule has 1 atom stereocenters. The summed E-state index contributed by atoms with van der Waals surface area (Å²) in [7, 11) is 0. The molecule has 2 N–H and O–H groups in total. The Balaban J connectivity index is 1.99. The van der Waals surface area contributed by atoms with Gasteiger partial charge in [0.25, 0.3) is 5.56 Å². The summed E-state index contributed by atoms with van der Waals surface area (Å²) in [6.45, 7) is 4.22. The maximum atomic E-state index is 13.3. The molecule has 4 rings (SSSR count). The van der Waals surface area contributed by atoms with Crippen LogP contribution in [0, 0.1) is 0 Å². The molecule has 0 bridgehead atoms. The third-order valence-corrected chi connectivity index (χ3v) is 6.68. The average molecular weight is 377 g/mol. The fourth-order valence-corrected chi connectivity index (χ4v) is 5.63. The lowest BCUT2D eigenvalue weighted by molar-refractivity contribution is -0.118. The van der Waals surface area contributed by atoms with Crippen molar-refractivity contribution < 1.29 is 9.53 Å². The van der Waals surface area contributed by atoms with Gasteiger partial charge in [0.1, 0.15) is 11.4 Å². The number of aromatic nitrogens is 2. The smallest absolute Gasteiger partial charge is 0.332 e. The second-order valence-corrected chi connectivity index (χ2v) is 8.89. The molecule has 0 unspecified atom stereocenters. The van der Waals surface area contributed by atoms with Crippen LogP contribution < -0.4 is 17.0 Å². The van der Waals surface area contributed by atoms with Crippen LogP contribution in [0.25, 0.3) is 10.2 Å². The zero-order valence-corrected chi connectivity index (χ0v) is 15.9. The zero-order chi connectivity index (χ0) is 18.6. The van der Waals surface area contributed by atoms with Crippen molar-refractivity contribution in [2.75, 3.05) is 6.61 Å². The van der Waals surface area contributed by atoms with E-state index in [-0.39, 0.29) is 18.1 Å². The molecule has 26 heavy (non-hydrogen) atoms. The van der Waals surface area contributed by atoms with Crippen LogP contribution in [0.2, 0.25) is 0 Å². The summed E-state index contributed by atoms with van der Waals surface area (Å²) in [6, 6.07) is -0.237. The number of primary amides is 1. The summed E-state index contributed by atoms with van der Waals surface area (Å²) < 4.78 is 8.48. The van der Waals surface area contributed by atoms with Gasteiger partial charge in [0.2, 0.25) is 5.91 Å². The fraction of sp³-hybridized carbons (Fsp3) is 0.611. The predicted molar refractivity (Wildman–Crippen MR) is 99.9 cm³/mol. The second-order valence-electron chi connectivity index (χ2n) is 7.80. The molecular weight excluding hydrogens is 354 g/mol. The Bertz CT molecular complexity index is 1010. The van der Waals surface area contributed by atoms with Crippen molar-refractivity contribution in [2.45, 2.75) is 64.1 Å². The summed E-state index contributed by atoms with van der Waals surface area (Å²) in [5, 5.41) is 0.604. The molecule has 0 spiro atoms. The van der Waals surface area contributed by atoms with E-state index in [0.29, 0.717) is 29.7 Å². The molecule has 1 aliphatic carbocycles. The fourth-order valence-electron chi connectivity index (χ4n) is 4.26. The molecule has 3 heterocycles. The van der Waals surface area contributed by atoms with Crippen molar-refractivity contribution in [3.8, 4) is 0 Å². The van der Waals surface area contributed by atoms with E-state index < -0.39 is 17.2 Å². The second kappa shape index (κ2) is 6.06. The quantitative estimate of drug-likeness (QED) is 0.873. The highest BCUT2D eigenvalue weighted by Crippen LogP contribution is 2.36. The Kier molecular flexibility index (Phi) is 4.07. The molecule has 0 saturated carbocycles. The van der Waals surface area contributed by atoms with Crippen molar-refractivity contribution in [2.24, 2.45) is 5.73 Å². The van der Waals surface area contributed by atoms with E-state index >= 15 is 0 Å². The Morgan fingerprint density at radius 3 is 2.81 bits per heavy atom. The maximum absolute atomic E-state index is 13.3. The van der Waals surface area contributed by atoms with Crippen molar-refractivity contribution in [1.82, 2.24) is 9.13 Å². The lowest BCUT2D eigenvalue weighted by Crippen LogP contribution is -2.47.